The van der Waals surface area contributed by atoms with Crippen molar-refractivity contribution in [1.82, 2.24) is 0 Å². The molecule has 1 aromatic carbocycles. The number of carbonyl (C=O) groups is 2. The zero-order valence-corrected chi connectivity index (χ0v) is 15.3. The summed E-state index contributed by atoms with van der Waals surface area (Å²) in [6.07, 6.45) is -0.351. The van der Waals surface area contributed by atoms with Crippen molar-refractivity contribution < 1.29 is 22.7 Å². The molecule has 24 heavy (non-hydrogen) atoms. The van der Waals surface area contributed by atoms with Gasteiger partial charge < -0.3 is 10.1 Å². The SMILES string of the molecule is Cc1ccc(NC(=O)[C@H](C)OC(=O)CS[C@@H]2CCS(=O)(=O)C2)cc1. The molecule has 0 saturated carbocycles. The quantitative estimate of drug-likeness (QED) is 0.767. The van der Waals surface area contributed by atoms with Crippen LogP contribution in [0.4, 0.5) is 5.69 Å². The molecule has 1 N–H and O–H groups in total. The first-order chi connectivity index (χ1) is 11.2. The van der Waals surface area contributed by atoms with Gasteiger partial charge in [0.15, 0.2) is 15.9 Å². The molecule has 1 amide bonds. The van der Waals surface area contributed by atoms with Crippen molar-refractivity contribution in [3.8, 4) is 0 Å². The minimum atomic E-state index is -2.95. The Bertz CT molecular complexity index is 700. The Morgan fingerprint density at radius 3 is 2.58 bits per heavy atom. The maximum absolute atomic E-state index is 12.0. The molecule has 1 aromatic rings. The first-order valence-electron chi connectivity index (χ1n) is 7.64. The van der Waals surface area contributed by atoms with Gasteiger partial charge in [0.25, 0.3) is 5.91 Å². The number of esters is 1. The van der Waals surface area contributed by atoms with E-state index < -0.39 is 27.8 Å². The monoisotopic (exact) mass is 371 g/mol. The minimum absolute atomic E-state index is 0.0440. The Hall–Kier alpha value is -1.54. The first-order valence-corrected chi connectivity index (χ1v) is 10.5. The number of hydrogen-bond acceptors (Lipinski definition) is 6. The second-order valence-electron chi connectivity index (χ2n) is 5.82. The van der Waals surface area contributed by atoms with Crippen molar-refractivity contribution in [3.05, 3.63) is 29.8 Å². The van der Waals surface area contributed by atoms with E-state index in [1.165, 1.54) is 18.7 Å². The summed E-state index contributed by atoms with van der Waals surface area (Å²) in [6.45, 7) is 3.45. The van der Waals surface area contributed by atoms with E-state index in [0.717, 1.165) is 5.56 Å². The van der Waals surface area contributed by atoms with E-state index in [9.17, 15) is 18.0 Å². The topological polar surface area (TPSA) is 89.5 Å². The van der Waals surface area contributed by atoms with Crippen LogP contribution in [0, 0.1) is 6.92 Å². The smallest absolute Gasteiger partial charge is 0.316 e. The van der Waals surface area contributed by atoms with E-state index in [0.29, 0.717) is 12.1 Å². The molecule has 6 nitrogen and oxygen atoms in total. The number of nitrogens with one attached hydrogen (secondary N) is 1. The van der Waals surface area contributed by atoms with Crippen molar-refractivity contribution in [2.24, 2.45) is 0 Å². The van der Waals surface area contributed by atoms with Gasteiger partial charge in [0.1, 0.15) is 0 Å². The fraction of sp³-hybridized carbons (Fsp3) is 0.500. The third-order valence-electron chi connectivity index (χ3n) is 3.62. The van der Waals surface area contributed by atoms with Crippen LogP contribution in [0.1, 0.15) is 18.9 Å². The van der Waals surface area contributed by atoms with Gasteiger partial charge in [-0.3, -0.25) is 9.59 Å². The van der Waals surface area contributed by atoms with Crippen LogP contribution in [0.3, 0.4) is 0 Å². The highest BCUT2D eigenvalue weighted by Gasteiger charge is 2.29. The number of ether oxygens (including phenoxy) is 1. The Kier molecular flexibility index (Phi) is 6.28. The van der Waals surface area contributed by atoms with Crippen molar-refractivity contribution >= 4 is 39.2 Å². The predicted molar refractivity (Wildman–Crippen MR) is 94.9 cm³/mol. The van der Waals surface area contributed by atoms with Crippen LogP contribution in [0.15, 0.2) is 24.3 Å². The lowest BCUT2D eigenvalue weighted by Gasteiger charge is -2.14. The highest BCUT2D eigenvalue weighted by atomic mass is 32.2. The molecule has 0 bridgehead atoms. The number of anilines is 1. The minimum Gasteiger partial charge on any atom is -0.452 e. The molecule has 1 aliphatic heterocycles. The zero-order valence-electron chi connectivity index (χ0n) is 13.7. The summed E-state index contributed by atoms with van der Waals surface area (Å²) in [6, 6.07) is 7.30. The Morgan fingerprint density at radius 2 is 2.00 bits per heavy atom. The van der Waals surface area contributed by atoms with E-state index in [1.54, 1.807) is 12.1 Å². The van der Waals surface area contributed by atoms with Gasteiger partial charge in [-0.05, 0) is 32.4 Å². The highest BCUT2D eigenvalue weighted by molar-refractivity contribution is 8.02. The molecule has 0 spiro atoms. The summed E-state index contributed by atoms with van der Waals surface area (Å²) < 4.78 is 27.8. The van der Waals surface area contributed by atoms with Crippen LogP contribution in [0.2, 0.25) is 0 Å². The van der Waals surface area contributed by atoms with Gasteiger partial charge in [0, 0.05) is 10.9 Å². The maximum Gasteiger partial charge on any atom is 0.316 e. The highest BCUT2D eigenvalue weighted by Crippen LogP contribution is 2.24. The van der Waals surface area contributed by atoms with Gasteiger partial charge in [0.05, 0.1) is 17.3 Å². The molecule has 1 heterocycles. The van der Waals surface area contributed by atoms with Crippen LogP contribution in [-0.4, -0.2) is 48.9 Å². The van der Waals surface area contributed by atoms with Gasteiger partial charge >= 0.3 is 5.97 Å². The Morgan fingerprint density at radius 1 is 1.33 bits per heavy atom. The lowest BCUT2D eigenvalue weighted by atomic mass is 10.2. The van der Waals surface area contributed by atoms with Crippen LogP contribution >= 0.6 is 11.8 Å². The molecule has 0 aromatic heterocycles. The number of sulfone groups is 1. The first kappa shape index (κ1) is 18.8. The summed E-state index contributed by atoms with van der Waals surface area (Å²) >= 11 is 1.27. The van der Waals surface area contributed by atoms with Gasteiger partial charge in [-0.2, -0.15) is 0 Å². The second-order valence-corrected chi connectivity index (χ2v) is 9.34. The molecule has 0 aliphatic carbocycles. The molecule has 1 fully saturated rings. The summed E-state index contributed by atoms with van der Waals surface area (Å²) in [7, 11) is -2.95. The third-order valence-corrected chi connectivity index (χ3v) is 6.88. The van der Waals surface area contributed by atoms with Crippen molar-refractivity contribution in [1.29, 1.82) is 0 Å². The molecular formula is C16H21NO5S2. The van der Waals surface area contributed by atoms with Crippen molar-refractivity contribution in [3.63, 3.8) is 0 Å². The summed E-state index contributed by atoms with van der Waals surface area (Å²) in [5.41, 5.74) is 1.72. The average Bonchev–Trinajstić information content (AvgIpc) is 2.86. The van der Waals surface area contributed by atoms with E-state index in [4.69, 9.17) is 4.74 Å². The molecule has 2 rings (SSSR count). The Labute approximate surface area is 146 Å². The van der Waals surface area contributed by atoms with E-state index >= 15 is 0 Å². The molecule has 0 unspecified atom stereocenters. The molecule has 1 saturated heterocycles. The average molecular weight is 371 g/mol. The molecule has 0 radical (unpaired) electrons. The maximum atomic E-state index is 12.0. The van der Waals surface area contributed by atoms with Crippen molar-refractivity contribution in [2.75, 3.05) is 22.6 Å². The van der Waals surface area contributed by atoms with E-state index in [1.807, 2.05) is 19.1 Å². The summed E-state index contributed by atoms with van der Waals surface area (Å²) in [4.78, 5) is 23.8. The summed E-state index contributed by atoms with van der Waals surface area (Å²) in [5.74, 6) is -0.595. The van der Waals surface area contributed by atoms with Crippen molar-refractivity contribution in [2.45, 2.75) is 31.6 Å². The number of thioether (sulfide) groups is 1. The number of rotatable bonds is 6. The molecule has 132 valence electrons. The van der Waals surface area contributed by atoms with Crippen LogP contribution < -0.4 is 5.32 Å². The number of hydrogen-bond donors (Lipinski definition) is 1. The fourth-order valence-corrected chi connectivity index (χ4v) is 5.67. The number of aryl methyl sites for hydroxylation is 1. The molecule has 2 atom stereocenters. The van der Waals surface area contributed by atoms with E-state index in [2.05, 4.69) is 5.32 Å². The third kappa shape index (κ3) is 5.83. The lowest BCUT2D eigenvalue weighted by Crippen LogP contribution is -2.30. The second kappa shape index (κ2) is 8.02. The predicted octanol–water partition coefficient (Wildman–Crippen LogP) is 1.79. The Balaban J connectivity index is 1.74. The fourth-order valence-electron chi connectivity index (χ4n) is 2.24. The normalized spacial score (nSPS) is 20.3. The van der Waals surface area contributed by atoms with Gasteiger partial charge in [-0.1, -0.05) is 17.7 Å². The molecular weight excluding hydrogens is 350 g/mol. The summed E-state index contributed by atoms with van der Waals surface area (Å²) in [5, 5.41) is 2.61. The van der Waals surface area contributed by atoms with Crippen LogP contribution in [-0.2, 0) is 24.2 Å². The standard InChI is InChI=1S/C16H21NO5S2/c1-11-3-5-13(6-4-11)17-16(19)12(2)22-15(18)9-23-14-7-8-24(20,21)10-14/h3-6,12,14H,7-10H2,1-2H3,(H,17,19)/t12-,14+/m0/s1. The number of carbonyl (C=O) groups excluding carboxylic acids is 2. The largest absolute Gasteiger partial charge is 0.452 e. The van der Waals surface area contributed by atoms with Gasteiger partial charge in [-0.15, -0.1) is 11.8 Å². The lowest BCUT2D eigenvalue weighted by molar-refractivity contribution is -0.150. The van der Waals surface area contributed by atoms with Crippen LogP contribution in [0.5, 0.6) is 0 Å². The van der Waals surface area contributed by atoms with Gasteiger partial charge in [-0.25, -0.2) is 8.42 Å². The van der Waals surface area contributed by atoms with E-state index in [-0.39, 0.29) is 22.5 Å². The molecule has 8 heteroatoms. The zero-order chi connectivity index (χ0) is 17.7. The van der Waals surface area contributed by atoms with Gasteiger partial charge in [0.2, 0.25) is 0 Å². The van der Waals surface area contributed by atoms with Crippen LogP contribution in [0.25, 0.3) is 0 Å². The molecule has 1 aliphatic rings. The number of benzene rings is 1. The number of amides is 1.